The van der Waals surface area contributed by atoms with E-state index in [2.05, 4.69) is 0 Å². The molecule has 0 radical (unpaired) electrons. The molecule has 14 heavy (non-hydrogen) atoms. The summed E-state index contributed by atoms with van der Waals surface area (Å²) >= 11 is 1.50. The zero-order valence-electron chi connectivity index (χ0n) is 9.15. The molecule has 0 aliphatic heterocycles. The van der Waals surface area contributed by atoms with Crippen molar-refractivity contribution in [2.24, 2.45) is 0 Å². The second kappa shape index (κ2) is 4.60. The SMILES string of the molecule is CC(C)N(C(=O)c1cccs1)C(C)C. The molecule has 2 nitrogen and oxygen atoms in total. The zero-order chi connectivity index (χ0) is 10.7. The van der Waals surface area contributed by atoms with E-state index in [9.17, 15) is 4.79 Å². The highest BCUT2D eigenvalue weighted by Crippen LogP contribution is 2.16. The molecule has 0 spiro atoms. The van der Waals surface area contributed by atoms with E-state index in [1.54, 1.807) is 0 Å². The third kappa shape index (κ3) is 2.35. The lowest BCUT2D eigenvalue weighted by Crippen LogP contribution is -2.41. The fourth-order valence-corrected chi connectivity index (χ4v) is 2.26. The van der Waals surface area contributed by atoms with Crippen molar-refractivity contribution < 1.29 is 4.79 Å². The van der Waals surface area contributed by atoms with Gasteiger partial charge in [-0.15, -0.1) is 11.3 Å². The van der Waals surface area contributed by atoms with Gasteiger partial charge in [0.25, 0.3) is 5.91 Å². The van der Waals surface area contributed by atoms with E-state index in [1.165, 1.54) is 11.3 Å². The summed E-state index contributed by atoms with van der Waals surface area (Å²) in [5.74, 6) is 0.144. The lowest BCUT2D eigenvalue weighted by molar-refractivity contribution is 0.0649. The highest BCUT2D eigenvalue weighted by atomic mass is 32.1. The van der Waals surface area contributed by atoms with Crippen LogP contribution in [0.2, 0.25) is 0 Å². The molecule has 0 aromatic carbocycles. The maximum atomic E-state index is 12.0. The summed E-state index contributed by atoms with van der Waals surface area (Å²) in [6.45, 7) is 8.19. The molecule has 3 heteroatoms. The van der Waals surface area contributed by atoms with E-state index in [4.69, 9.17) is 0 Å². The van der Waals surface area contributed by atoms with E-state index in [1.807, 2.05) is 50.1 Å². The Morgan fingerprint density at radius 3 is 2.21 bits per heavy atom. The summed E-state index contributed by atoms with van der Waals surface area (Å²) in [5, 5.41) is 1.94. The molecule has 0 aliphatic rings. The molecule has 1 aromatic rings. The molecule has 78 valence electrons. The van der Waals surface area contributed by atoms with Crippen LogP contribution >= 0.6 is 11.3 Å². The predicted molar refractivity (Wildman–Crippen MR) is 60.8 cm³/mol. The standard InChI is InChI=1S/C11H17NOS/c1-8(2)12(9(3)4)11(13)10-6-5-7-14-10/h5-9H,1-4H3. The monoisotopic (exact) mass is 211 g/mol. The Labute approximate surface area is 89.5 Å². The number of carbonyl (C=O) groups excluding carboxylic acids is 1. The highest BCUT2D eigenvalue weighted by Gasteiger charge is 2.21. The first-order valence-electron chi connectivity index (χ1n) is 4.90. The maximum Gasteiger partial charge on any atom is 0.264 e. The van der Waals surface area contributed by atoms with Crippen LogP contribution in [0.15, 0.2) is 17.5 Å². The number of amides is 1. The minimum absolute atomic E-state index is 0.144. The van der Waals surface area contributed by atoms with Crippen LogP contribution in [0.3, 0.4) is 0 Å². The maximum absolute atomic E-state index is 12.0. The minimum Gasteiger partial charge on any atom is -0.333 e. The summed E-state index contributed by atoms with van der Waals surface area (Å²) in [6, 6.07) is 4.30. The molecule has 0 saturated heterocycles. The fourth-order valence-electron chi connectivity index (χ4n) is 1.59. The average molecular weight is 211 g/mol. The van der Waals surface area contributed by atoms with Gasteiger partial charge in [-0.1, -0.05) is 6.07 Å². The molecular weight excluding hydrogens is 194 g/mol. The van der Waals surface area contributed by atoms with Crippen LogP contribution in [0, 0.1) is 0 Å². The van der Waals surface area contributed by atoms with Gasteiger partial charge in [0.1, 0.15) is 0 Å². The molecule has 0 aliphatic carbocycles. The second-order valence-corrected chi connectivity index (χ2v) is 4.82. The van der Waals surface area contributed by atoms with E-state index >= 15 is 0 Å². The number of thiophene rings is 1. The molecule has 0 saturated carbocycles. The molecule has 0 bridgehead atoms. The van der Waals surface area contributed by atoms with E-state index in [0.29, 0.717) is 0 Å². The Hall–Kier alpha value is -0.830. The first-order valence-corrected chi connectivity index (χ1v) is 5.78. The topological polar surface area (TPSA) is 20.3 Å². The number of hydrogen-bond acceptors (Lipinski definition) is 2. The van der Waals surface area contributed by atoms with Crippen LogP contribution in [0.5, 0.6) is 0 Å². The molecule has 0 unspecified atom stereocenters. The molecule has 1 heterocycles. The Balaban J connectivity index is 2.85. The number of hydrogen-bond donors (Lipinski definition) is 0. The average Bonchev–Trinajstić information content (AvgIpc) is 2.53. The Bertz CT molecular complexity index is 282. The van der Waals surface area contributed by atoms with Gasteiger partial charge >= 0.3 is 0 Å². The molecular formula is C11H17NOS. The van der Waals surface area contributed by atoms with Gasteiger partial charge in [-0.2, -0.15) is 0 Å². The number of carbonyl (C=O) groups is 1. The van der Waals surface area contributed by atoms with Crippen molar-refractivity contribution in [1.29, 1.82) is 0 Å². The van der Waals surface area contributed by atoms with Gasteiger partial charge < -0.3 is 4.90 Å². The summed E-state index contributed by atoms with van der Waals surface area (Å²) < 4.78 is 0. The Morgan fingerprint density at radius 1 is 1.29 bits per heavy atom. The number of nitrogens with zero attached hydrogens (tertiary/aromatic N) is 1. The van der Waals surface area contributed by atoms with E-state index in [0.717, 1.165) is 4.88 Å². The van der Waals surface area contributed by atoms with Crippen LogP contribution < -0.4 is 0 Å². The second-order valence-electron chi connectivity index (χ2n) is 3.88. The van der Waals surface area contributed by atoms with Crippen LogP contribution in [0.1, 0.15) is 37.4 Å². The van der Waals surface area contributed by atoms with Crippen molar-refractivity contribution >= 4 is 17.2 Å². The van der Waals surface area contributed by atoms with Crippen molar-refractivity contribution in [1.82, 2.24) is 4.90 Å². The van der Waals surface area contributed by atoms with E-state index in [-0.39, 0.29) is 18.0 Å². The lowest BCUT2D eigenvalue weighted by Gasteiger charge is -2.30. The quantitative estimate of drug-likeness (QED) is 0.752. The van der Waals surface area contributed by atoms with Gasteiger partial charge in [0.15, 0.2) is 0 Å². The van der Waals surface area contributed by atoms with Crippen LogP contribution in [0.25, 0.3) is 0 Å². The van der Waals surface area contributed by atoms with Crippen LogP contribution in [-0.4, -0.2) is 22.9 Å². The van der Waals surface area contributed by atoms with Gasteiger partial charge in [0, 0.05) is 12.1 Å². The van der Waals surface area contributed by atoms with Gasteiger partial charge in [0.05, 0.1) is 4.88 Å². The smallest absolute Gasteiger partial charge is 0.264 e. The summed E-state index contributed by atoms with van der Waals surface area (Å²) in [4.78, 5) is 14.8. The van der Waals surface area contributed by atoms with Crippen LogP contribution in [-0.2, 0) is 0 Å². The van der Waals surface area contributed by atoms with E-state index < -0.39 is 0 Å². The summed E-state index contributed by atoms with van der Waals surface area (Å²) in [6.07, 6.45) is 0. The van der Waals surface area contributed by atoms with Gasteiger partial charge in [-0.3, -0.25) is 4.79 Å². The predicted octanol–water partition coefficient (Wildman–Crippen LogP) is 3.01. The van der Waals surface area contributed by atoms with Gasteiger partial charge in [-0.25, -0.2) is 0 Å². The highest BCUT2D eigenvalue weighted by molar-refractivity contribution is 7.12. The molecule has 1 amide bonds. The van der Waals surface area contributed by atoms with Gasteiger partial charge in [0.2, 0.25) is 0 Å². The largest absolute Gasteiger partial charge is 0.333 e. The Kier molecular flexibility index (Phi) is 3.69. The van der Waals surface area contributed by atoms with Crippen molar-refractivity contribution in [3.05, 3.63) is 22.4 Å². The molecule has 0 fully saturated rings. The molecule has 1 rings (SSSR count). The number of rotatable bonds is 3. The zero-order valence-corrected chi connectivity index (χ0v) is 9.97. The molecule has 0 N–H and O–H groups in total. The lowest BCUT2D eigenvalue weighted by atomic mass is 10.2. The van der Waals surface area contributed by atoms with Crippen molar-refractivity contribution in [3.8, 4) is 0 Å². The fraction of sp³-hybridized carbons (Fsp3) is 0.545. The first kappa shape index (κ1) is 11.2. The van der Waals surface area contributed by atoms with Gasteiger partial charge in [-0.05, 0) is 39.1 Å². The van der Waals surface area contributed by atoms with Crippen molar-refractivity contribution in [2.75, 3.05) is 0 Å². The first-order chi connectivity index (χ1) is 6.54. The molecule has 1 aromatic heterocycles. The normalized spacial score (nSPS) is 11.0. The van der Waals surface area contributed by atoms with Crippen molar-refractivity contribution in [2.45, 2.75) is 39.8 Å². The van der Waals surface area contributed by atoms with Crippen LogP contribution in [0.4, 0.5) is 0 Å². The molecule has 0 atom stereocenters. The Morgan fingerprint density at radius 2 is 1.86 bits per heavy atom. The minimum atomic E-state index is 0.144. The van der Waals surface area contributed by atoms with Crippen molar-refractivity contribution in [3.63, 3.8) is 0 Å². The summed E-state index contributed by atoms with van der Waals surface area (Å²) in [5.41, 5.74) is 0. The summed E-state index contributed by atoms with van der Waals surface area (Å²) in [7, 11) is 0. The third-order valence-corrected chi connectivity index (χ3v) is 2.94. The third-order valence-electron chi connectivity index (χ3n) is 2.08.